The number of allylic oxidation sites excluding steroid dienone is 1. The normalized spacial score (nSPS) is 20.2. The Morgan fingerprint density at radius 2 is 2.00 bits per heavy atom. The first-order valence-corrected chi connectivity index (χ1v) is 11.6. The van der Waals surface area contributed by atoms with Crippen LogP contribution in [-0.2, 0) is 4.79 Å². The number of aromatic nitrogens is 1. The van der Waals surface area contributed by atoms with Gasteiger partial charge in [-0.05, 0) is 32.0 Å². The number of anilines is 1. The second-order valence-electron chi connectivity index (χ2n) is 8.44. The second kappa shape index (κ2) is 9.33. The first kappa shape index (κ1) is 23.5. The lowest BCUT2D eigenvalue weighted by Crippen LogP contribution is -2.51. The number of pyridine rings is 1. The number of carbonyl (C=O) groups excluding carboxylic acids is 1. The van der Waals surface area contributed by atoms with Crippen LogP contribution < -0.4 is 15.4 Å². The summed E-state index contributed by atoms with van der Waals surface area (Å²) < 4.78 is 6.24. The zero-order chi connectivity index (χ0) is 23.8. The molecular weight excluding hydrogens is 461 g/mol. The fraction of sp³-hybridized carbons (Fsp3) is 0.375. The highest BCUT2D eigenvalue weighted by atomic mass is 35.5. The Labute approximate surface area is 203 Å². The van der Waals surface area contributed by atoms with Gasteiger partial charge in [-0.3, -0.25) is 4.79 Å². The first-order valence-electron chi connectivity index (χ1n) is 10.8. The van der Waals surface area contributed by atoms with Gasteiger partial charge in [-0.1, -0.05) is 35.3 Å². The monoisotopic (exact) mass is 487 g/mol. The predicted molar refractivity (Wildman–Crippen MR) is 132 cm³/mol. The molecule has 1 atom stereocenters. The van der Waals surface area contributed by atoms with Crippen LogP contribution in [0.3, 0.4) is 0 Å². The molecule has 2 aliphatic rings. The molecule has 1 aromatic heterocycles. The van der Waals surface area contributed by atoms with Gasteiger partial charge in [-0.2, -0.15) is 0 Å². The molecule has 1 unspecified atom stereocenters. The van der Waals surface area contributed by atoms with E-state index in [9.17, 15) is 4.79 Å². The van der Waals surface area contributed by atoms with Crippen molar-refractivity contribution in [2.45, 2.75) is 38.3 Å². The number of aldehydes is 1. The molecule has 2 N–H and O–H groups in total. The van der Waals surface area contributed by atoms with Crippen LogP contribution in [-0.4, -0.2) is 47.7 Å². The Bertz CT molecular complexity index is 1130. The molecular formula is C24H27Cl2N5O2. The Hall–Kier alpha value is -2.61. The van der Waals surface area contributed by atoms with Crippen LogP contribution in [0.25, 0.3) is 0 Å². The quantitative estimate of drug-likeness (QED) is 0.293. The van der Waals surface area contributed by atoms with E-state index in [2.05, 4.69) is 9.88 Å². The summed E-state index contributed by atoms with van der Waals surface area (Å²) in [6, 6.07) is 9.07. The van der Waals surface area contributed by atoms with Crippen LogP contribution in [0.5, 0.6) is 5.88 Å². The molecule has 1 aromatic carbocycles. The Morgan fingerprint density at radius 1 is 1.27 bits per heavy atom. The lowest BCUT2D eigenvalue weighted by molar-refractivity contribution is -0.105. The standard InChI is InChI=1S/C24H27Cl2N5O2/c1-15(14-32)22(29-16(2)30(3)19-8-4-7-18(25)20(19)26)31-12-9-24(10-13-31)21(27)17-6-5-11-28-23(17)33-24/h4-8,11,14,21H,9-10,12-13,27H2,1-3H3/b22-15+,29-16?. The average Bonchev–Trinajstić information content (AvgIpc) is 3.10. The van der Waals surface area contributed by atoms with Crippen molar-refractivity contribution in [1.29, 1.82) is 0 Å². The number of likely N-dealkylation sites (tertiary alicyclic amines) is 1. The third-order valence-electron chi connectivity index (χ3n) is 6.49. The van der Waals surface area contributed by atoms with Crippen molar-refractivity contribution in [3.05, 3.63) is 63.5 Å². The van der Waals surface area contributed by atoms with Gasteiger partial charge in [0.1, 0.15) is 23.5 Å². The van der Waals surface area contributed by atoms with Crippen LogP contribution in [0.15, 0.2) is 52.9 Å². The predicted octanol–water partition coefficient (Wildman–Crippen LogP) is 4.60. The maximum Gasteiger partial charge on any atom is 0.218 e. The molecule has 0 amide bonds. The number of fused-ring (bicyclic) bond motifs is 1. The molecule has 1 spiro atoms. The van der Waals surface area contributed by atoms with Gasteiger partial charge >= 0.3 is 0 Å². The number of hydrogen-bond acceptors (Lipinski definition) is 6. The Balaban J connectivity index is 1.55. The van der Waals surface area contributed by atoms with Crippen molar-refractivity contribution in [1.82, 2.24) is 9.88 Å². The van der Waals surface area contributed by atoms with Crippen molar-refractivity contribution in [2.75, 3.05) is 25.0 Å². The number of rotatable bonds is 4. The zero-order valence-electron chi connectivity index (χ0n) is 18.9. The fourth-order valence-electron chi connectivity index (χ4n) is 4.39. The van der Waals surface area contributed by atoms with Crippen LogP contribution >= 0.6 is 23.2 Å². The largest absolute Gasteiger partial charge is 0.469 e. The molecule has 4 rings (SSSR count). The Morgan fingerprint density at radius 3 is 2.67 bits per heavy atom. The molecule has 174 valence electrons. The number of hydrogen-bond donors (Lipinski definition) is 1. The number of nitrogens with two attached hydrogens (primary N) is 1. The number of aliphatic imine (C=N–C) groups is 1. The lowest BCUT2D eigenvalue weighted by atomic mass is 9.83. The Kier molecular flexibility index (Phi) is 6.66. The average molecular weight is 488 g/mol. The minimum atomic E-state index is -0.489. The molecule has 0 radical (unpaired) electrons. The first-order chi connectivity index (χ1) is 15.8. The maximum atomic E-state index is 11.7. The van der Waals surface area contributed by atoms with Gasteiger partial charge in [-0.25, -0.2) is 9.98 Å². The highest BCUT2D eigenvalue weighted by molar-refractivity contribution is 6.44. The van der Waals surface area contributed by atoms with Gasteiger partial charge in [0.05, 0.1) is 21.8 Å². The van der Waals surface area contributed by atoms with Gasteiger partial charge in [-0.15, -0.1) is 0 Å². The molecule has 9 heteroatoms. The minimum Gasteiger partial charge on any atom is -0.469 e. The van der Waals surface area contributed by atoms with Crippen LogP contribution in [0.4, 0.5) is 5.69 Å². The van der Waals surface area contributed by atoms with E-state index in [-0.39, 0.29) is 6.04 Å². The zero-order valence-corrected chi connectivity index (χ0v) is 20.4. The maximum absolute atomic E-state index is 11.7. The van der Waals surface area contributed by atoms with Crippen LogP contribution in [0.1, 0.15) is 38.3 Å². The summed E-state index contributed by atoms with van der Waals surface area (Å²) in [6.45, 7) is 4.95. The molecule has 1 fully saturated rings. The molecule has 33 heavy (non-hydrogen) atoms. The summed E-state index contributed by atoms with van der Waals surface area (Å²) in [7, 11) is 1.87. The van der Waals surface area contributed by atoms with Gasteiger partial charge < -0.3 is 20.3 Å². The highest BCUT2D eigenvalue weighted by Gasteiger charge is 2.49. The number of amidine groups is 1. The topological polar surface area (TPSA) is 84.0 Å². The number of ether oxygens (including phenoxy) is 1. The third kappa shape index (κ3) is 4.33. The van der Waals surface area contributed by atoms with E-state index >= 15 is 0 Å². The molecule has 7 nitrogen and oxygen atoms in total. The number of benzene rings is 1. The molecule has 0 saturated carbocycles. The summed E-state index contributed by atoms with van der Waals surface area (Å²) in [5.41, 5.74) is 8.31. The van der Waals surface area contributed by atoms with E-state index in [4.69, 9.17) is 38.7 Å². The van der Waals surface area contributed by atoms with Crippen LogP contribution in [0.2, 0.25) is 10.0 Å². The number of piperidine rings is 1. The van der Waals surface area contributed by atoms with Gasteiger partial charge in [0, 0.05) is 50.3 Å². The van der Waals surface area contributed by atoms with Crippen LogP contribution in [0, 0.1) is 0 Å². The molecule has 0 bridgehead atoms. The highest BCUT2D eigenvalue weighted by Crippen LogP contribution is 2.46. The molecule has 2 aliphatic heterocycles. The lowest BCUT2D eigenvalue weighted by Gasteiger charge is -2.42. The molecule has 2 aromatic rings. The minimum absolute atomic E-state index is 0.232. The second-order valence-corrected chi connectivity index (χ2v) is 9.23. The summed E-state index contributed by atoms with van der Waals surface area (Å²) in [4.78, 5) is 24.8. The SMILES string of the molecule is CC(=N/C(=C(/C)C=O)N1CCC2(CC1)Oc1ncccc1C2N)N(C)c1cccc(Cl)c1Cl. The van der Waals surface area contributed by atoms with E-state index < -0.39 is 5.60 Å². The van der Waals surface area contributed by atoms with Gasteiger partial charge in [0.2, 0.25) is 5.88 Å². The van der Waals surface area contributed by atoms with E-state index in [1.54, 1.807) is 19.2 Å². The van der Waals surface area contributed by atoms with E-state index in [0.29, 0.717) is 59.1 Å². The number of nitrogens with zero attached hydrogens (tertiary/aromatic N) is 4. The van der Waals surface area contributed by atoms with E-state index in [1.165, 1.54) is 0 Å². The molecule has 3 heterocycles. The van der Waals surface area contributed by atoms with Crippen molar-refractivity contribution in [2.24, 2.45) is 10.7 Å². The van der Waals surface area contributed by atoms with E-state index in [1.807, 2.05) is 43.1 Å². The summed E-state index contributed by atoms with van der Waals surface area (Å²) >= 11 is 12.6. The van der Waals surface area contributed by atoms with Gasteiger partial charge in [0.15, 0.2) is 0 Å². The molecule has 0 aliphatic carbocycles. The van der Waals surface area contributed by atoms with Crippen molar-refractivity contribution >= 4 is 41.0 Å². The summed E-state index contributed by atoms with van der Waals surface area (Å²) in [6.07, 6.45) is 3.95. The molecule has 1 saturated heterocycles. The van der Waals surface area contributed by atoms with Gasteiger partial charge in [0.25, 0.3) is 0 Å². The van der Waals surface area contributed by atoms with Crippen molar-refractivity contribution < 1.29 is 9.53 Å². The van der Waals surface area contributed by atoms with E-state index in [0.717, 1.165) is 17.5 Å². The third-order valence-corrected chi connectivity index (χ3v) is 7.30. The summed E-state index contributed by atoms with van der Waals surface area (Å²) in [5, 5.41) is 0.924. The number of carbonyl (C=O) groups is 1. The fourth-order valence-corrected chi connectivity index (χ4v) is 4.81. The summed E-state index contributed by atoms with van der Waals surface area (Å²) in [5.74, 6) is 1.93. The number of halogens is 2. The smallest absolute Gasteiger partial charge is 0.218 e. The van der Waals surface area contributed by atoms with Crippen molar-refractivity contribution in [3.8, 4) is 5.88 Å². The van der Waals surface area contributed by atoms with Crippen molar-refractivity contribution in [3.63, 3.8) is 0 Å².